The lowest BCUT2D eigenvalue weighted by Gasteiger charge is -2.36. The highest BCUT2D eigenvalue weighted by molar-refractivity contribution is 7.86. The summed E-state index contributed by atoms with van der Waals surface area (Å²) in [5.74, 6) is 0. The summed E-state index contributed by atoms with van der Waals surface area (Å²) in [6.07, 6.45) is 28.9. The minimum atomic E-state index is -4.27. The maximum Gasteiger partial charge on any atom is 0.191 e. The molecule has 19 nitrogen and oxygen atoms in total. The molecule has 0 spiro atoms. The Balaban J connectivity index is 0.000000219. The first kappa shape index (κ1) is 103. The van der Waals surface area contributed by atoms with Crippen LogP contribution in [0.5, 0.6) is 0 Å². The molecule has 121 heavy (non-hydrogen) atoms. The zero-order chi connectivity index (χ0) is 81.5. The lowest BCUT2D eigenvalue weighted by Crippen LogP contribution is -3.00. The van der Waals surface area contributed by atoms with E-state index in [9.17, 15) is 25.9 Å². The number of rotatable bonds is 18. The number of halogens is 5. The van der Waals surface area contributed by atoms with Crippen molar-refractivity contribution < 1.29 is 152 Å². The lowest BCUT2D eigenvalue weighted by atomic mass is 10.0. The van der Waals surface area contributed by atoms with Crippen LogP contribution in [0, 0.1) is 13.8 Å². The van der Waals surface area contributed by atoms with Gasteiger partial charge in [-0.1, -0.05) is 126 Å². The highest BCUT2D eigenvalue weighted by atomic mass is 79.9. The number of aromatic nitrogens is 2. The van der Waals surface area contributed by atoms with E-state index in [1.54, 1.807) is 24.3 Å². The molecule has 7 aromatic carbocycles. The quantitative estimate of drug-likeness (QED) is 0.0454. The molecule has 0 N–H and O–H groups in total. The molecule has 0 saturated carbocycles. The van der Waals surface area contributed by atoms with Crippen LogP contribution in [-0.2, 0) is 81.7 Å². The molecule has 26 heteroatoms. The van der Waals surface area contributed by atoms with Gasteiger partial charge in [0.2, 0.25) is 0 Å². The number of fused-ring (bicyclic) bond motifs is 5. The molecule has 0 radical (unpaired) electrons. The van der Waals surface area contributed by atoms with E-state index >= 15 is 0 Å². The third-order valence-corrected chi connectivity index (χ3v) is 24.7. The van der Waals surface area contributed by atoms with Gasteiger partial charge in [0.1, 0.15) is 92.7 Å². The third-order valence-electron chi connectivity index (χ3n) is 23.0. The molecule has 652 valence electrons. The van der Waals surface area contributed by atoms with Gasteiger partial charge in [0.05, 0.1) is 56.4 Å². The lowest BCUT2D eigenvalue weighted by molar-refractivity contribution is -0.923. The van der Waals surface area contributed by atoms with Crippen LogP contribution in [-0.4, -0.2) is 282 Å². The number of nitrogens with zero attached hydrogens (tertiary/aromatic N) is 11. The summed E-state index contributed by atoms with van der Waals surface area (Å²) in [7, 11) is 0.273. The first-order chi connectivity index (χ1) is 56.1. The summed E-state index contributed by atoms with van der Waals surface area (Å²) in [6, 6.07) is 64.5. The van der Waals surface area contributed by atoms with Gasteiger partial charge >= 0.3 is 0 Å². The molecule has 9 aromatic rings. The molecular weight excluding hydrogens is 1890 g/mol. The van der Waals surface area contributed by atoms with Crippen LogP contribution in [0.4, 0.5) is 0 Å². The first-order valence-electron chi connectivity index (χ1n) is 41.4. The maximum atomic E-state index is 10.4. The minimum absolute atomic E-state index is 0. The van der Waals surface area contributed by atoms with Crippen LogP contribution >= 0.6 is 0 Å². The molecular formula is C95H122Br5N11O8S2. The van der Waals surface area contributed by atoms with E-state index in [0.29, 0.717) is 0 Å². The summed E-state index contributed by atoms with van der Waals surface area (Å²) >= 11 is 0. The van der Waals surface area contributed by atoms with Crippen molar-refractivity contribution in [2.75, 3.05) is 172 Å². The number of benzene rings is 7. The van der Waals surface area contributed by atoms with Crippen molar-refractivity contribution in [3.8, 4) is 0 Å². The molecule has 10 heterocycles. The van der Waals surface area contributed by atoms with Crippen molar-refractivity contribution >= 4 is 51.3 Å². The van der Waals surface area contributed by atoms with E-state index in [1.807, 2.05) is 26.2 Å². The number of morpholine rings is 2. The second-order valence-corrected chi connectivity index (χ2v) is 34.7. The molecule has 3 fully saturated rings. The van der Waals surface area contributed by atoms with Gasteiger partial charge in [-0.2, -0.15) is 0 Å². The number of quaternary nitrogens is 1. The van der Waals surface area contributed by atoms with E-state index in [0.717, 1.165) is 165 Å². The maximum absolute atomic E-state index is 10.4. The van der Waals surface area contributed by atoms with Crippen LogP contribution in [0.15, 0.2) is 229 Å². The summed E-state index contributed by atoms with van der Waals surface area (Å²) in [5, 5.41) is 0. The van der Waals surface area contributed by atoms with Crippen molar-refractivity contribution in [2.45, 2.75) is 81.0 Å². The van der Waals surface area contributed by atoms with Crippen molar-refractivity contribution in [3.63, 3.8) is 0 Å². The fourth-order valence-electron chi connectivity index (χ4n) is 15.3. The zero-order valence-electron chi connectivity index (χ0n) is 71.1. The van der Waals surface area contributed by atoms with Gasteiger partial charge in [-0.3, -0.25) is 14.8 Å². The highest BCUT2D eigenvalue weighted by Crippen LogP contribution is 2.20. The smallest absolute Gasteiger partial charge is 0.191 e. The molecule has 0 bridgehead atoms. The predicted molar refractivity (Wildman–Crippen MR) is 461 cm³/mol. The Morgan fingerprint density at radius 3 is 1.12 bits per heavy atom. The number of likely N-dealkylation sites (N-methyl/N-ethyl adjacent to an activating group) is 2. The molecule has 0 amide bonds. The van der Waals surface area contributed by atoms with Gasteiger partial charge in [-0.15, -0.1) is 0 Å². The predicted octanol–water partition coefficient (Wildman–Crippen LogP) is -5.66. The van der Waals surface area contributed by atoms with Crippen molar-refractivity contribution in [3.05, 3.63) is 297 Å². The molecule has 0 aliphatic carbocycles. The zero-order valence-corrected chi connectivity index (χ0v) is 80.6. The number of aryl methyl sites for hydroxylation is 3. The molecule has 1 atom stereocenters. The van der Waals surface area contributed by atoms with Gasteiger partial charge in [0, 0.05) is 123 Å². The third kappa shape index (κ3) is 34.9. The number of hydrogen-bond acceptors (Lipinski definition) is 12. The topological polar surface area (TPSA) is 174 Å². The average Bonchev–Trinajstić information content (AvgIpc) is 1.70. The van der Waals surface area contributed by atoms with Crippen molar-refractivity contribution in [2.24, 2.45) is 7.05 Å². The van der Waals surface area contributed by atoms with E-state index in [2.05, 4.69) is 264 Å². The van der Waals surface area contributed by atoms with Crippen LogP contribution in [0.1, 0.15) is 84.3 Å². The Bertz CT molecular complexity index is 4960. The normalized spacial score (nSPS) is 16.5. The van der Waals surface area contributed by atoms with Gasteiger partial charge in [-0.25, -0.2) is 44.3 Å². The highest BCUT2D eigenvalue weighted by Gasteiger charge is 2.29. The molecule has 1 unspecified atom stereocenters. The Labute approximate surface area is 773 Å². The van der Waals surface area contributed by atoms with Gasteiger partial charge in [0.25, 0.3) is 0 Å². The minimum Gasteiger partial charge on any atom is -1.00 e. The Morgan fingerprint density at radius 1 is 0.430 bits per heavy atom. The van der Waals surface area contributed by atoms with Crippen molar-refractivity contribution in [1.29, 1.82) is 0 Å². The van der Waals surface area contributed by atoms with E-state index in [1.165, 1.54) is 149 Å². The molecule has 8 aliphatic heterocycles. The van der Waals surface area contributed by atoms with E-state index < -0.39 is 20.2 Å². The summed E-state index contributed by atoms with van der Waals surface area (Å²) in [6.45, 7) is 29.2. The number of ether oxygens (including phenoxy) is 2. The fraction of sp³-hybridized carbons (Fsp3) is 0.400. The van der Waals surface area contributed by atoms with E-state index in [4.69, 9.17) is 9.47 Å². The standard InChI is InChI=1S/C17H26N3.C17H20N2.C16H24N2O.C16H17N2.C15H21N2O.2C7H8O3S.5BrH/c1-18(2)17-8-10-20(14-17)12-11-19-9-7-15-5-3-4-6-16(15)13-19;1-18-10-6-15(7-11-18)8-12-19-13-9-16-4-2-3-5-17(16)14-19;1-18(10-12-19-13-11-18)9-8-17-7-6-15-4-2-3-5-16(15)14-17;1-2-4-16-13-18(12-8-15(16)3-1)11-7-14-5-9-17-10-6-14;1-2-4-15-13-17(6-5-14(15)3-1)8-7-16-9-11-18-12-10-16;2*1-6-2-4-7(5-3-6)11(8,9)10;;;;;/h3-6,13,17H,7-12,14H2,1-2H3;2-7,10-11,14H,8-9,12-13H2,1H3;2-5,14H,6-13H2,1H3;1-6,9-10,13H,7-8,11-12H2;1-4,13H,5-12H2;2*2-5H,1H3,(H,8,9,10);5*1H/q+1;2*+2;2*+1;;;;;;;/p-7. The summed E-state index contributed by atoms with van der Waals surface area (Å²) in [4.78, 5) is 11.2. The Hall–Kier alpha value is -6.83. The van der Waals surface area contributed by atoms with Crippen LogP contribution in [0.25, 0.3) is 0 Å². The number of likely N-dealkylation sites (tertiary alicyclic amines) is 1. The van der Waals surface area contributed by atoms with Crippen LogP contribution < -0.4 is 89.5 Å². The second kappa shape index (κ2) is 52.8. The van der Waals surface area contributed by atoms with Crippen molar-refractivity contribution in [1.82, 2.24) is 19.7 Å². The Kier molecular flexibility index (Phi) is 45.0. The van der Waals surface area contributed by atoms with Gasteiger partial charge in [-0.05, 0) is 147 Å². The summed E-state index contributed by atoms with van der Waals surface area (Å²) in [5.41, 5.74) is 19.0. The monoisotopic (exact) mass is 2000 g/mol. The van der Waals surface area contributed by atoms with E-state index in [-0.39, 0.29) is 94.7 Å². The second-order valence-electron chi connectivity index (χ2n) is 31.9. The van der Waals surface area contributed by atoms with Gasteiger partial charge in [0.15, 0.2) is 63.1 Å². The molecule has 8 aliphatic rings. The summed E-state index contributed by atoms with van der Waals surface area (Å²) < 4.78 is 88.7. The average molecular weight is 2010 g/mol. The molecule has 17 rings (SSSR count). The molecule has 3 saturated heterocycles. The Morgan fingerprint density at radius 2 is 0.760 bits per heavy atom. The molecule has 2 aromatic heterocycles. The SMILES string of the molecule is C1=[N+](CCN2CCOCC2)CCc2ccccc21.C1=[N+](CCc2ccncc2)CCc2ccccc21.CN(C)C1CCN(CC[N+]2=Cc3ccccc3CC2)C1.C[N+]1(CC[N+]2=Cc3ccccc3CC2)CCOCC1.C[n+]1ccc(CC[N+]2=Cc3ccccc3CC2)cc1.Cc1ccc(S(=O)(=O)[O-])cc1.Cc1ccc(S(=O)(=O)[O-])cc1.[Br-].[Br-].[Br-].[Br-].[Br-]. The number of pyridine rings is 2. The van der Waals surface area contributed by atoms with Crippen LogP contribution in [0.2, 0.25) is 0 Å². The first-order valence-corrected chi connectivity index (χ1v) is 44.3. The van der Waals surface area contributed by atoms with Gasteiger partial charge < -0.3 is 113 Å². The van der Waals surface area contributed by atoms with Crippen LogP contribution in [0.3, 0.4) is 0 Å². The number of hydrogen-bond donors (Lipinski definition) is 0. The largest absolute Gasteiger partial charge is 1.00 e. The fourth-order valence-corrected chi connectivity index (χ4v) is 16.3.